The first-order chi connectivity index (χ1) is 12.0. The number of amides is 1. The minimum Gasteiger partial charge on any atom is -0.496 e. The van der Waals surface area contributed by atoms with Crippen molar-refractivity contribution in [1.82, 2.24) is 10.2 Å². The summed E-state index contributed by atoms with van der Waals surface area (Å²) in [6, 6.07) is 8.65. The van der Waals surface area contributed by atoms with Gasteiger partial charge in [0, 0.05) is 36.1 Å². The number of piperidine rings is 1. The highest BCUT2D eigenvalue weighted by molar-refractivity contribution is 7.13. The topological polar surface area (TPSA) is 41.6 Å². The maximum absolute atomic E-state index is 13.5. The second-order valence-corrected chi connectivity index (χ2v) is 7.68. The van der Waals surface area contributed by atoms with Crippen molar-refractivity contribution >= 4 is 17.2 Å². The number of methoxy groups -OCH3 is 1. The van der Waals surface area contributed by atoms with E-state index in [0.29, 0.717) is 12.3 Å². The third-order valence-electron chi connectivity index (χ3n) is 4.52. The summed E-state index contributed by atoms with van der Waals surface area (Å²) < 4.78 is 18.8. The van der Waals surface area contributed by atoms with Gasteiger partial charge in [0.2, 0.25) is 0 Å². The molecule has 0 spiro atoms. The molecule has 1 aromatic carbocycles. The second kappa shape index (κ2) is 7.97. The fourth-order valence-electron chi connectivity index (χ4n) is 3.16. The molecule has 1 amide bonds. The molecule has 134 valence electrons. The van der Waals surface area contributed by atoms with Crippen LogP contribution < -0.4 is 10.1 Å². The van der Waals surface area contributed by atoms with Crippen molar-refractivity contribution in [3.05, 3.63) is 51.5 Å². The summed E-state index contributed by atoms with van der Waals surface area (Å²) in [4.78, 5) is 16.4. The van der Waals surface area contributed by atoms with Crippen LogP contribution in [-0.2, 0) is 6.54 Å². The molecule has 4 nitrogen and oxygen atoms in total. The molecule has 1 aliphatic rings. The number of hydrogen-bond donors (Lipinski definition) is 1. The molecule has 1 aliphatic heterocycles. The van der Waals surface area contributed by atoms with Crippen LogP contribution in [0, 0.1) is 12.7 Å². The maximum atomic E-state index is 13.5. The normalized spacial score (nSPS) is 16.0. The molecular formula is C19H23FN2O2S. The van der Waals surface area contributed by atoms with E-state index in [4.69, 9.17) is 4.74 Å². The van der Waals surface area contributed by atoms with Gasteiger partial charge < -0.3 is 10.1 Å². The van der Waals surface area contributed by atoms with Crippen LogP contribution in [-0.4, -0.2) is 37.0 Å². The smallest absolute Gasteiger partial charge is 0.261 e. The van der Waals surface area contributed by atoms with Crippen LogP contribution in [0.2, 0.25) is 0 Å². The van der Waals surface area contributed by atoms with Gasteiger partial charge in [-0.25, -0.2) is 4.39 Å². The maximum Gasteiger partial charge on any atom is 0.261 e. The molecule has 0 aliphatic carbocycles. The first kappa shape index (κ1) is 17.9. The lowest BCUT2D eigenvalue weighted by molar-refractivity contribution is 0.0913. The minimum absolute atomic E-state index is 0.0170. The van der Waals surface area contributed by atoms with Gasteiger partial charge in [0.15, 0.2) is 0 Å². The van der Waals surface area contributed by atoms with Crippen molar-refractivity contribution in [1.29, 1.82) is 0 Å². The molecule has 2 aromatic rings. The van der Waals surface area contributed by atoms with Crippen molar-refractivity contribution in [3.8, 4) is 5.75 Å². The number of thiophene rings is 1. The Morgan fingerprint density at radius 3 is 2.72 bits per heavy atom. The van der Waals surface area contributed by atoms with Crippen LogP contribution in [0.4, 0.5) is 4.39 Å². The molecule has 6 heteroatoms. The van der Waals surface area contributed by atoms with Gasteiger partial charge in [-0.3, -0.25) is 9.69 Å². The number of rotatable bonds is 5. The average molecular weight is 362 g/mol. The number of aryl methyl sites for hydroxylation is 1. The molecule has 0 atom stereocenters. The van der Waals surface area contributed by atoms with E-state index in [2.05, 4.69) is 10.2 Å². The van der Waals surface area contributed by atoms with Crippen molar-refractivity contribution in [2.24, 2.45) is 0 Å². The standard InChI is InChI=1S/C19H23FN2O2S/c1-13-3-6-18(25-13)19(23)21-16-7-9-22(10-8-16)12-14-11-15(20)4-5-17(14)24-2/h3-6,11,16H,7-10,12H2,1-2H3,(H,21,23). The van der Waals surface area contributed by atoms with E-state index < -0.39 is 0 Å². The number of benzene rings is 1. The average Bonchev–Trinajstić information content (AvgIpc) is 3.03. The first-order valence-electron chi connectivity index (χ1n) is 8.47. The summed E-state index contributed by atoms with van der Waals surface area (Å²) in [6.45, 7) is 4.40. The van der Waals surface area contributed by atoms with Gasteiger partial charge in [-0.1, -0.05) is 0 Å². The number of nitrogens with one attached hydrogen (secondary N) is 1. The Bertz CT molecular complexity index is 739. The van der Waals surface area contributed by atoms with Gasteiger partial charge in [-0.2, -0.15) is 0 Å². The van der Waals surface area contributed by atoms with Crippen LogP contribution in [0.15, 0.2) is 30.3 Å². The quantitative estimate of drug-likeness (QED) is 0.884. The molecule has 3 rings (SSSR count). The Hall–Kier alpha value is -1.92. The lowest BCUT2D eigenvalue weighted by Gasteiger charge is -2.32. The number of likely N-dealkylation sites (tertiary alicyclic amines) is 1. The molecule has 2 heterocycles. The van der Waals surface area contributed by atoms with E-state index in [0.717, 1.165) is 41.2 Å². The van der Waals surface area contributed by atoms with E-state index in [1.54, 1.807) is 13.2 Å². The molecule has 1 fully saturated rings. The van der Waals surface area contributed by atoms with Crippen LogP contribution >= 0.6 is 11.3 Å². The SMILES string of the molecule is COc1ccc(F)cc1CN1CCC(NC(=O)c2ccc(C)s2)CC1. The van der Waals surface area contributed by atoms with Gasteiger partial charge in [0.25, 0.3) is 5.91 Å². The number of hydrogen-bond acceptors (Lipinski definition) is 4. The third-order valence-corrected chi connectivity index (χ3v) is 5.52. The van der Waals surface area contributed by atoms with Gasteiger partial charge in [0.1, 0.15) is 11.6 Å². The van der Waals surface area contributed by atoms with Crippen molar-refractivity contribution in [2.45, 2.75) is 32.4 Å². The van der Waals surface area contributed by atoms with Crippen LogP contribution in [0.1, 0.15) is 33.0 Å². The van der Waals surface area contributed by atoms with Crippen molar-refractivity contribution < 1.29 is 13.9 Å². The second-order valence-electron chi connectivity index (χ2n) is 6.39. The lowest BCUT2D eigenvalue weighted by atomic mass is 10.0. The Balaban J connectivity index is 1.52. The number of ether oxygens (including phenoxy) is 1. The highest BCUT2D eigenvalue weighted by atomic mass is 32.1. The predicted octanol–water partition coefficient (Wildman–Crippen LogP) is 3.60. The summed E-state index contributed by atoms with van der Waals surface area (Å²) >= 11 is 1.52. The number of halogens is 1. The molecule has 1 aromatic heterocycles. The summed E-state index contributed by atoms with van der Waals surface area (Å²) in [5.41, 5.74) is 0.860. The Labute approximate surface area is 151 Å². The number of carbonyl (C=O) groups is 1. The van der Waals surface area contributed by atoms with E-state index >= 15 is 0 Å². The first-order valence-corrected chi connectivity index (χ1v) is 9.29. The van der Waals surface area contributed by atoms with Gasteiger partial charge >= 0.3 is 0 Å². The minimum atomic E-state index is -0.246. The molecule has 0 saturated carbocycles. The fraction of sp³-hybridized carbons (Fsp3) is 0.421. The molecule has 0 unspecified atom stereocenters. The highest BCUT2D eigenvalue weighted by Crippen LogP contribution is 2.23. The number of carbonyl (C=O) groups excluding carboxylic acids is 1. The third kappa shape index (κ3) is 4.58. The summed E-state index contributed by atoms with van der Waals surface area (Å²) in [5.74, 6) is 0.484. The molecule has 1 N–H and O–H groups in total. The Morgan fingerprint density at radius 1 is 1.32 bits per heavy atom. The summed E-state index contributed by atoms with van der Waals surface area (Å²) in [6.07, 6.45) is 1.79. The molecule has 25 heavy (non-hydrogen) atoms. The van der Waals surface area contributed by atoms with Gasteiger partial charge in [0.05, 0.1) is 12.0 Å². The zero-order valence-electron chi connectivity index (χ0n) is 14.5. The van der Waals surface area contributed by atoms with Gasteiger partial charge in [-0.05, 0) is 50.1 Å². The summed E-state index contributed by atoms with van der Waals surface area (Å²) in [7, 11) is 1.60. The Kier molecular flexibility index (Phi) is 5.71. The monoisotopic (exact) mass is 362 g/mol. The van der Waals surface area contributed by atoms with E-state index in [-0.39, 0.29) is 17.8 Å². The van der Waals surface area contributed by atoms with E-state index in [1.807, 2.05) is 19.1 Å². The predicted molar refractivity (Wildman–Crippen MR) is 97.8 cm³/mol. The van der Waals surface area contributed by atoms with E-state index in [9.17, 15) is 9.18 Å². The molecule has 1 saturated heterocycles. The zero-order valence-corrected chi connectivity index (χ0v) is 15.4. The molecular weight excluding hydrogens is 339 g/mol. The lowest BCUT2D eigenvalue weighted by Crippen LogP contribution is -2.44. The van der Waals surface area contributed by atoms with E-state index in [1.165, 1.54) is 23.5 Å². The van der Waals surface area contributed by atoms with Crippen LogP contribution in [0.25, 0.3) is 0 Å². The van der Waals surface area contributed by atoms with Crippen molar-refractivity contribution in [3.63, 3.8) is 0 Å². The fourth-order valence-corrected chi connectivity index (χ4v) is 3.93. The largest absolute Gasteiger partial charge is 0.496 e. The Morgan fingerprint density at radius 2 is 2.08 bits per heavy atom. The number of nitrogens with zero attached hydrogens (tertiary/aromatic N) is 1. The van der Waals surface area contributed by atoms with Crippen molar-refractivity contribution in [2.75, 3.05) is 20.2 Å². The zero-order chi connectivity index (χ0) is 17.8. The molecule has 0 bridgehead atoms. The summed E-state index contributed by atoms with van der Waals surface area (Å²) in [5, 5.41) is 3.12. The molecule has 0 radical (unpaired) electrons. The highest BCUT2D eigenvalue weighted by Gasteiger charge is 2.22. The van der Waals surface area contributed by atoms with Crippen LogP contribution in [0.5, 0.6) is 5.75 Å². The van der Waals surface area contributed by atoms with Crippen LogP contribution in [0.3, 0.4) is 0 Å². The van der Waals surface area contributed by atoms with Gasteiger partial charge in [-0.15, -0.1) is 11.3 Å².